The maximum Gasteiger partial charge on any atom is 0.325 e. The van der Waals surface area contributed by atoms with Crippen molar-refractivity contribution < 1.29 is 14.3 Å². The predicted molar refractivity (Wildman–Crippen MR) is 94.2 cm³/mol. The van der Waals surface area contributed by atoms with Gasteiger partial charge in [0.25, 0.3) is 5.91 Å². The van der Waals surface area contributed by atoms with Crippen LogP contribution in [-0.2, 0) is 9.53 Å². The largest absolute Gasteiger partial charge is 0.465 e. The van der Waals surface area contributed by atoms with Crippen molar-refractivity contribution in [1.82, 2.24) is 4.90 Å². The van der Waals surface area contributed by atoms with Crippen LogP contribution < -0.4 is 0 Å². The highest BCUT2D eigenvalue weighted by molar-refractivity contribution is 14.1. The lowest BCUT2D eigenvalue weighted by atomic mass is 10.1. The molecule has 21 heavy (non-hydrogen) atoms. The first-order valence-electron chi connectivity index (χ1n) is 6.75. The number of ether oxygens (including phenoxy) is 1. The summed E-state index contributed by atoms with van der Waals surface area (Å²) in [6, 6.07) is 5.57. The third-order valence-electron chi connectivity index (χ3n) is 2.66. The molecule has 0 saturated carbocycles. The Balaban J connectivity index is 2.98. The molecule has 0 bridgehead atoms. The number of nitrogens with zero attached hydrogens (tertiary/aromatic N) is 1. The average Bonchev–Trinajstić information content (AvgIpc) is 2.39. The molecule has 0 atom stereocenters. The Bertz CT molecular complexity index is 520. The fourth-order valence-electron chi connectivity index (χ4n) is 1.85. The van der Waals surface area contributed by atoms with E-state index in [4.69, 9.17) is 4.74 Å². The molecule has 0 fully saturated rings. The SMILES string of the molecule is CCOC(=O)CN(CC(C)C)C(=O)c1cc(I)ccc1Br. The molecule has 0 aliphatic heterocycles. The van der Waals surface area contributed by atoms with Crippen LogP contribution in [0.1, 0.15) is 31.1 Å². The number of halogens is 2. The van der Waals surface area contributed by atoms with Gasteiger partial charge in [-0.1, -0.05) is 13.8 Å². The van der Waals surface area contributed by atoms with E-state index in [-0.39, 0.29) is 24.3 Å². The first-order valence-corrected chi connectivity index (χ1v) is 8.62. The quantitative estimate of drug-likeness (QED) is 0.473. The number of carbonyl (C=O) groups is 2. The molecule has 0 unspecified atom stereocenters. The molecule has 0 aliphatic rings. The molecule has 0 spiro atoms. The van der Waals surface area contributed by atoms with E-state index >= 15 is 0 Å². The molecule has 0 aliphatic carbocycles. The molecule has 0 heterocycles. The zero-order valence-electron chi connectivity index (χ0n) is 12.4. The van der Waals surface area contributed by atoms with E-state index in [2.05, 4.69) is 38.5 Å². The Kier molecular flexibility index (Phi) is 7.65. The van der Waals surface area contributed by atoms with E-state index in [0.29, 0.717) is 18.7 Å². The van der Waals surface area contributed by atoms with Crippen molar-refractivity contribution in [2.24, 2.45) is 5.92 Å². The van der Waals surface area contributed by atoms with Crippen LogP contribution in [-0.4, -0.2) is 36.5 Å². The zero-order chi connectivity index (χ0) is 16.0. The molecular formula is C15H19BrINO3. The van der Waals surface area contributed by atoms with Crippen molar-refractivity contribution in [1.29, 1.82) is 0 Å². The highest BCUT2D eigenvalue weighted by Crippen LogP contribution is 2.21. The normalized spacial score (nSPS) is 10.6. The van der Waals surface area contributed by atoms with Gasteiger partial charge in [-0.05, 0) is 69.6 Å². The molecule has 1 amide bonds. The van der Waals surface area contributed by atoms with Gasteiger partial charge in [0.2, 0.25) is 0 Å². The predicted octanol–water partition coefficient (Wildman–Crippen LogP) is 3.72. The Morgan fingerprint density at radius 2 is 2.05 bits per heavy atom. The summed E-state index contributed by atoms with van der Waals surface area (Å²) in [5, 5.41) is 0. The summed E-state index contributed by atoms with van der Waals surface area (Å²) >= 11 is 5.56. The lowest BCUT2D eigenvalue weighted by molar-refractivity contribution is -0.143. The van der Waals surface area contributed by atoms with E-state index in [0.717, 1.165) is 8.04 Å². The lowest BCUT2D eigenvalue weighted by Crippen LogP contribution is -2.39. The minimum atomic E-state index is -0.381. The Hall–Kier alpha value is -0.630. The van der Waals surface area contributed by atoms with Crippen LogP contribution in [0.4, 0.5) is 0 Å². The number of rotatable bonds is 6. The maximum absolute atomic E-state index is 12.7. The fourth-order valence-corrected chi connectivity index (χ4v) is 2.76. The summed E-state index contributed by atoms with van der Waals surface area (Å²) in [6.07, 6.45) is 0. The van der Waals surface area contributed by atoms with Gasteiger partial charge in [-0.25, -0.2) is 0 Å². The van der Waals surface area contributed by atoms with Crippen LogP contribution in [0.2, 0.25) is 0 Å². The summed E-state index contributed by atoms with van der Waals surface area (Å²) in [4.78, 5) is 25.9. The summed E-state index contributed by atoms with van der Waals surface area (Å²) in [5.74, 6) is -0.277. The molecule has 4 nitrogen and oxygen atoms in total. The fraction of sp³-hybridized carbons (Fsp3) is 0.467. The van der Waals surface area contributed by atoms with Crippen molar-refractivity contribution >= 4 is 50.4 Å². The Labute approximate surface area is 147 Å². The second-order valence-electron chi connectivity index (χ2n) is 5.01. The van der Waals surface area contributed by atoms with E-state index in [1.165, 1.54) is 0 Å². The molecular weight excluding hydrogens is 449 g/mol. The van der Waals surface area contributed by atoms with Gasteiger partial charge in [0.05, 0.1) is 12.2 Å². The van der Waals surface area contributed by atoms with Gasteiger partial charge in [-0.2, -0.15) is 0 Å². The van der Waals surface area contributed by atoms with Crippen molar-refractivity contribution in [2.75, 3.05) is 19.7 Å². The number of hydrogen-bond donors (Lipinski definition) is 0. The molecule has 116 valence electrons. The number of esters is 1. The van der Waals surface area contributed by atoms with Crippen LogP contribution in [0, 0.1) is 9.49 Å². The van der Waals surface area contributed by atoms with Crippen LogP contribution in [0.15, 0.2) is 22.7 Å². The van der Waals surface area contributed by atoms with Gasteiger partial charge in [0, 0.05) is 14.6 Å². The van der Waals surface area contributed by atoms with Crippen molar-refractivity contribution in [3.63, 3.8) is 0 Å². The van der Waals surface area contributed by atoms with Crippen molar-refractivity contribution in [3.05, 3.63) is 31.8 Å². The molecule has 0 N–H and O–H groups in total. The first-order chi connectivity index (χ1) is 9.85. The van der Waals surface area contributed by atoms with E-state index in [1.54, 1.807) is 11.8 Å². The second kappa shape index (κ2) is 8.73. The smallest absolute Gasteiger partial charge is 0.325 e. The van der Waals surface area contributed by atoms with Crippen LogP contribution in [0.25, 0.3) is 0 Å². The van der Waals surface area contributed by atoms with Gasteiger partial charge < -0.3 is 9.64 Å². The average molecular weight is 468 g/mol. The van der Waals surface area contributed by atoms with E-state index in [9.17, 15) is 9.59 Å². The molecule has 1 aromatic rings. The number of carbonyl (C=O) groups excluding carboxylic acids is 2. The van der Waals surface area contributed by atoms with Crippen molar-refractivity contribution in [3.8, 4) is 0 Å². The van der Waals surface area contributed by atoms with Gasteiger partial charge >= 0.3 is 5.97 Å². The van der Waals surface area contributed by atoms with Crippen LogP contribution in [0.5, 0.6) is 0 Å². The second-order valence-corrected chi connectivity index (χ2v) is 7.11. The molecule has 1 aromatic carbocycles. The molecule has 0 saturated heterocycles. The van der Waals surface area contributed by atoms with Crippen LogP contribution in [0.3, 0.4) is 0 Å². The van der Waals surface area contributed by atoms with Gasteiger partial charge in [-0.3, -0.25) is 9.59 Å². The molecule has 0 aromatic heterocycles. The number of amides is 1. The number of benzene rings is 1. The Morgan fingerprint density at radius 3 is 2.62 bits per heavy atom. The Morgan fingerprint density at radius 1 is 1.38 bits per heavy atom. The molecule has 1 rings (SSSR count). The maximum atomic E-state index is 12.7. The van der Waals surface area contributed by atoms with Crippen molar-refractivity contribution in [2.45, 2.75) is 20.8 Å². The minimum Gasteiger partial charge on any atom is -0.465 e. The van der Waals surface area contributed by atoms with Gasteiger partial charge in [0.15, 0.2) is 0 Å². The van der Waals surface area contributed by atoms with Gasteiger partial charge in [-0.15, -0.1) is 0 Å². The first kappa shape index (κ1) is 18.4. The van der Waals surface area contributed by atoms with E-state index < -0.39 is 0 Å². The molecule has 0 radical (unpaired) electrons. The van der Waals surface area contributed by atoms with Crippen LogP contribution >= 0.6 is 38.5 Å². The third-order valence-corrected chi connectivity index (χ3v) is 4.02. The summed E-state index contributed by atoms with van der Waals surface area (Å²) in [5.41, 5.74) is 0.562. The minimum absolute atomic E-state index is 0.0250. The van der Waals surface area contributed by atoms with E-state index in [1.807, 2.05) is 32.0 Å². The zero-order valence-corrected chi connectivity index (χ0v) is 16.1. The lowest BCUT2D eigenvalue weighted by Gasteiger charge is -2.24. The third kappa shape index (κ3) is 5.94. The number of hydrogen-bond acceptors (Lipinski definition) is 3. The highest BCUT2D eigenvalue weighted by atomic mass is 127. The highest BCUT2D eigenvalue weighted by Gasteiger charge is 2.22. The summed E-state index contributed by atoms with van der Waals surface area (Å²) < 4.78 is 6.65. The summed E-state index contributed by atoms with van der Waals surface area (Å²) in [6.45, 7) is 6.57. The molecule has 6 heteroatoms. The monoisotopic (exact) mass is 467 g/mol. The standard InChI is InChI=1S/C15H19BrINO3/c1-4-21-14(19)9-18(8-10(2)3)15(20)12-7-11(17)5-6-13(12)16/h5-7,10H,4,8-9H2,1-3H3. The topological polar surface area (TPSA) is 46.6 Å². The summed E-state index contributed by atoms with van der Waals surface area (Å²) in [7, 11) is 0. The van der Waals surface area contributed by atoms with Gasteiger partial charge in [0.1, 0.15) is 6.54 Å².